The van der Waals surface area contributed by atoms with Gasteiger partial charge in [-0.2, -0.15) is 0 Å². The Labute approximate surface area is 173 Å². The van der Waals surface area contributed by atoms with Crippen molar-refractivity contribution in [2.24, 2.45) is 7.05 Å². The molecule has 3 aromatic heterocycles. The van der Waals surface area contributed by atoms with Crippen molar-refractivity contribution in [1.29, 1.82) is 0 Å². The molecule has 7 heteroatoms. The number of carbonyl (C=O) groups is 1. The van der Waals surface area contributed by atoms with Crippen LogP contribution >= 0.6 is 0 Å². The maximum Gasteiger partial charge on any atom is 0.267 e. The summed E-state index contributed by atoms with van der Waals surface area (Å²) in [7, 11) is 1.82. The average molecular weight is 401 g/mol. The normalized spacial score (nSPS) is 10.7. The summed E-state index contributed by atoms with van der Waals surface area (Å²) < 4.78 is 15.2. The van der Waals surface area contributed by atoms with Crippen LogP contribution in [0.3, 0.4) is 0 Å². The summed E-state index contributed by atoms with van der Waals surface area (Å²) in [5.74, 6) is -0.0325. The molecule has 0 saturated carbocycles. The third-order valence-corrected chi connectivity index (χ3v) is 4.73. The summed E-state index contributed by atoms with van der Waals surface area (Å²) in [6.07, 6.45) is 9.43. The maximum atomic E-state index is 13.4. The van der Waals surface area contributed by atoms with Gasteiger partial charge in [-0.15, -0.1) is 0 Å². The molecule has 4 aromatic rings. The Kier molecular flexibility index (Phi) is 5.61. The van der Waals surface area contributed by atoms with Crippen LogP contribution in [0.15, 0.2) is 73.4 Å². The van der Waals surface area contributed by atoms with Gasteiger partial charge in [0.15, 0.2) is 5.82 Å². The molecule has 0 spiro atoms. The largest absolute Gasteiger partial charge is 0.350 e. The first kappa shape index (κ1) is 19.4. The Morgan fingerprint density at radius 2 is 1.87 bits per heavy atom. The fraction of sp³-hybridized carbons (Fsp3) is 0.130. The topological polar surface area (TPSA) is 72.7 Å². The molecule has 0 saturated heterocycles. The van der Waals surface area contributed by atoms with Gasteiger partial charge < -0.3 is 9.88 Å². The highest BCUT2D eigenvalue weighted by Crippen LogP contribution is 2.23. The van der Waals surface area contributed by atoms with Gasteiger partial charge in [-0.25, -0.2) is 14.4 Å². The smallest absolute Gasteiger partial charge is 0.267 e. The van der Waals surface area contributed by atoms with E-state index in [0.717, 1.165) is 16.7 Å². The van der Waals surface area contributed by atoms with Crippen LogP contribution in [0.2, 0.25) is 0 Å². The van der Waals surface area contributed by atoms with Crippen molar-refractivity contribution in [1.82, 2.24) is 24.8 Å². The molecule has 1 amide bonds. The van der Waals surface area contributed by atoms with E-state index in [1.165, 1.54) is 12.1 Å². The molecular formula is C23H20FN5O. The lowest BCUT2D eigenvalue weighted by Crippen LogP contribution is -2.27. The van der Waals surface area contributed by atoms with Crippen molar-refractivity contribution in [3.05, 3.63) is 90.5 Å². The third kappa shape index (κ3) is 4.41. The summed E-state index contributed by atoms with van der Waals surface area (Å²) in [5, 5.41) is 2.93. The van der Waals surface area contributed by atoms with Crippen molar-refractivity contribution in [2.75, 3.05) is 6.54 Å². The third-order valence-electron chi connectivity index (χ3n) is 4.73. The van der Waals surface area contributed by atoms with Gasteiger partial charge in [0.05, 0.1) is 0 Å². The van der Waals surface area contributed by atoms with E-state index in [9.17, 15) is 9.18 Å². The summed E-state index contributed by atoms with van der Waals surface area (Å²) in [5.41, 5.74) is 3.84. The molecule has 0 bridgehead atoms. The number of aryl methyl sites for hydroxylation is 1. The highest BCUT2D eigenvalue weighted by atomic mass is 19.1. The zero-order chi connectivity index (χ0) is 20.9. The minimum Gasteiger partial charge on any atom is -0.350 e. The first-order chi connectivity index (χ1) is 14.6. The van der Waals surface area contributed by atoms with Crippen LogP contribution in [0, 0.1) is 5.82 Å². The van der Waals surface area contributed by atoms with E-state index >= 15 is 0 Å². The molecule has 6 nitrogen and oxygen atoms in total. The molecule has 1 N–H and O–H groups in total. The number of nitrogens with one attached hydrogen (secondary N) is 1. The molecule has 150 valence electrons. The lowest BCUT2D eigenvalue weighted by Gasteiger charge is -2.05. The Morgan fingerprint density at radius 3 is 2.60 bits per heavy atom. The predicted octanol–water partition coefficient (Wildman–Crippen LogP) is 3.66. The van der Waals surface area contributed by atoms with E-state index in [-0.39, 0.29) is 11.7 Å². The summed E-state index contributed by atoms with van der Waals surface area (Å²) in [6, 6.07) is 11.8. The van der Waals surface area contributed by atoms with Gasteiger partial charge in [0.1, 0.15) is 11.5 Å². The number of rotatable bonds is 6. The number of hydrogen-bond donors (Lipinski definition) is 1. The molecule has 0 aliphatic heterocycles. The molecule has 0 radical (unpaired) electrons. The van der Waals surface area contributed by atoms with Crippen LogP contribution in [0.1, 0.15) is 16.1 Å². The van der Waals surface area contributed by atoms with E-state index < -0.39 is 0 Å². The molecule has 1 aromatic carbocycles. The Balaban J connectivity index is 1.44. The average Bonchev–Trinajstić information content (AvgIpc) is 3.16. The number of benzene rings is 1. The quantitative estimate of drug-likeness (QED) is 0.535. The molecule has 0 aliphatic rings. The molecule has 0 aliphatic carbocycles. The Morgan fingerprint density at radius 1 is 1.03 bits per heavy atom. The van der Waals surface area contributed by atoms with Crippen LogP contribution in [0.25, 0.3) is 22.5 Å². The molecule has 0 fully saturated rings. The van der Waals surface area contributed by atoms with Gasteiger partial charge in [-0.3, -0.25) is 9.78 Å². The van der Waals surface area contributed by atoms with Crippen LogP contribution in [-0.4, -0.2) is 32.0 Å². The van der Waals surface area contributed by atoms with Gasteiger partial charge in [0, 0.05) is 61.3 Å². The van der Waals surface area contributed by atoms with E-state index in [1.807, 2.05) is 25.4 Å². The van der Waals surface area contributed by atoms with Crippen molar-refractivity contribution in [2.45, 2.75) is 6.42 Å². The zero-order valence-corrected chi connectivity index (χ0v) is 16.4. The van der Waals surface area contributed by atoms with Gasteiger partial charge >= 0.3 is 0 Å². The summed E-state index contributed by atoms with van der Waals surface area (Å²) in [4.78, 5) is 25.3. The number of amides is 1. The van der Waals surface area contributed by atoms with Crippen molar-refractivity contribution < 1.29 is 9.18 Å². The molecule has 3 heterocycles. The van der Waals surface area contributed by atoms with E-state index in [4.69, 9.17) is 0 Å². The first-order valence-electron chi connectivity index (χ1n) is 9.52. The lowest BCUT2D eigenvalue weighted by atomic mass is 10.1. The molecular weight excluding hydrogens is 381 g/mol. The number of hydrogen-bond acceptors (Lipinski definition) is 4. The molecule has 30 heavy (non-hydrogen) atoms. The lowest BCUT2D eigenvalue weighted by molar-refractivity contribution is 0.0946. The SMILES string of the molecule is Cn1cc(-c2cnc(-c3cccc(F)c3)nc2)cc1C(=O)NCCc1cccnc1. The first-order valence-corrected chi connectivity index (χ1v) is 9.52. The summed E-state index contributed by atoms with van der Waals surface area (Å²) in [6.45, 7) is 0.524. The van der Waals surface area contributed by atoms with E-state index in [0.29, 0.717) is 30.0 Å². The minimum absolute atomic E-state index is 0.148. The van der Waals surface area contributed by atoms with E-state index in [1.54, 1.807) is 47.6 Å². The molecule has 4 rings (SSSR count). The van der Waals surface area contributed by atoms with Crippen LogP contribution in [0.5, 0.6) is 0 Å². The number of nitrogens with zero attached hydrogens (tertiary/aromatic N) is 4. The highest BCUT2D eigenvalue weighted by molar-refractivity contribution is 5.94. The monoisotopic (exact) mass is 401 g/mol. The van der Waals surface area contributed by atoms with Gasteiger partial charge in [0.25, 0.3) is 5.91 Å². The minimum atomic E-state index is -0.331. The predicted molar refractivity (Wildman–Crippen MR) is 112 cm³/mol. The van der Waals surface area contributed by atoms with Crippen molar-refractivity contribution in [3.8, 4) is 22.5 Å². The fourth-order valence-electron chi connectivity index (χ4n) is 3.16. The van der Waals surface area contributed by atoms with E-state index in [2.05, 4.69) is 20.3 Å². The van der Waals surface area contributed by atoms with Crippen LogP contribution < -0.4 is 5.32 Å². The second-order valence-electron chi connectivity index (χ2n) is 6.90. The van der Waals surface area contributed by atoms with Crippen LogP contribution in [0.4, 0.5) is 4.39 Å². The highest BCUT2D eigenvalue weighted by Gasteiger charge is 2.13. The molecule has 0 atom stereocenters. The second-order valence-corrected chi connectivity index (χ2v) is 6.90. The van der Waals surface area contributed by atoms with Crippen molar-refractivity contribution in [3.63, 3.8) is 0 Å². The van der Waals surface area contributed by atoms with Crippen LogP contribution in [-0.2, 0) is 13.5 Å². The van der Waals surface area contributed by atoms with Gasteiger partial charge in [-0.05, 0) is 36.2 Å². The Bertz CT molecular complexity index is 1160. The molecule has 0 unspecified atom stereocenters. The summed E-state index contributed by atoms with van der Waals surface area (Å²) >= 11 is 0. The second kappa shape index (κ2) is 8.65. The number of aromatic nitrogens is 4. The van der Waals surface area contributed by atoms with Crippen molar-refractivity contribution >= 4 is 5.91 Å². The zero-order valence-electron chi connectivity index (χ0n) is 16.4. The van der Waals surface area contributed by atoms with Gasteiger partial charge in [-0.1, -0.05) is 18.2 Å². The number of carbonyl (C=O) groups excluding carboxylic acids is 1. The number of pyridine rings is 1. The van der Waals surface area contributed by atoms with Gasteiger partial charge in [0.2, 0.25) is 0 Å². The Hall–Kier alpha value is -3.87. The fourth-order valence-corrected chi connectivity index (χ4v) is 3.16. The maximum absolute atomic E-state index is 13.4. The number of halogens is 1. The standard InChI is InChI=1S/C23H20FN5O/c1-29-15-18(11-21(29)23(30)26-9-7-16-4-3-8-25-12-16)19-13-27-22(28-14-19)17-5-2-6-20(24)10-17/h2-6,8,10-15H,7,9H2,1H3,(H,26,30).